The molecule has 1 aromatic heterocycles. The van der Waals surface area contributed by atoms with Crippen molar-refractivity contribution < 1.29 is 0 Å². The molecule has 3 heteroatoms. The third-order valence-corrected chi connectivity index (χ3v) is 4.23. The number of unbranched alkanes of at least 4 members (excludes halogenated alkanes) is 1. The summed E-state index contributed by atoms with van der Waals surface area (Å²) in [5, 5.41) is 8.55. The maximum atomic E-state index is 4.94. The summed E-state index contributed by atoms with van der Waals surface area (Å²) < 4.78 is 2.12. The monoisotopic (exact) mass is 283 g/mol. The molecule has 1 aliphatic rings. The highest BCUT2D eigenvalue weighted by Crippen LogP contribution is 2.29. The van der Waals surface area contributed by atoms with Gasteiger partial charge in [-0.25, -0.2) is 4.68 Å². The lowest BCUT2D eigenvalue weighted by Crippen LogP contribution is -2.07. The van der Waals surface area contributed by atoms with Gasteiger partial charge < -0.3 is 5.32 Å². The molecule has 2 aromatic rings. The van der Waals surface area contributed by atoms with E-state index >= 15 is 0 Å². The Morgan fingerprint density at radius 3 is 3.00 bits per heavy atom. The lowest BCUT2D eigenvalue weighted by molar-refractivity contribution is 0.728. The van der Waals surface area contributed by atoms with Crippen LogP contribution in [0.4, 0.5) is 5.82 Å². The van der Waals surface area contributed by atoms with Crippen molar-refractivity contribution in [1.29, 1.82) is 0 Å². The molecular weight excluding hydrogens is 258 g/mol. The Balaban J connectivity index is 2.05. The van der Waals surface area contributed by atoms with Crippen molar-refractivity contribution in [3.05, 3.63) is 41.1 Å². The van der Waals surface area contributed by atoms with Crippen molar-refractivity contribution in [2.75, 3.05) is 11.9 Å². The largest absolute Gasteiger partial charge is 0.370 e. The van der Waals surface area contributed by atoms with Crippen molar-refractivity contribution >= 4 is 5.82 Å². The minimum Gasteiger partial charge on any atom is -0.370 e. The van der Waals surface area contributed by atoms with Crippen molar-refractivity contribution in [3.8, 4) is 5.69 Å². The zero-order valence-corrected chi connectivity index (χ0v) is 13.2. The molecule has 0 fully saturated rings. The molecule has 112 valence electrons. The number of aryl methyl sites for hydroxylation is 2. The maximum Gasteiger partial charge on any atom is 0.133 e. The van der Waals surface area contributed by atoms with E-state index < -0.39 is 0 Å². The van der Waals surface area contributed by atoms with E-state index in [9.17, 15) is 0 Å². The summed E-state index contributed by atoms with van der Waals surface area (Å²) in [6, 6.07) is 8.61. The average Bonchev–Trinajstić information content (AvgIpc) is 2.67. The van der Waals surface area contributed by atoms with Crippen LogP contribution in [-0.4, -0.2) is 16.3 Å². The number of rotatable bonds is 4. The molecule has 1 aromatic carbocycles. The first-order valence-electron chi connectivity index (χ1n) is 8.21. The third-order valence-electron chi connectivity index (χ3n) is 4.23. The van der Waals surface area contributed by atoms with Crippen LogP contribution in [0.1, 0.15) is 49.4 Å². The second kappa shape index (κ2) is 6.33. The number of hydrogen-bond donors (Lipinski definition) is 1. The Hall–Kier alpha value is -1.77. The molecule has 1 N–H and O–H groups in total. The van der Waals surface area contributed by atoms with Gasteiger partial charge in [0, 0.05) is 12.1 Å². The van der Waals surface area contributed by atoms with E-state index in [0.717, 1.165) is 19.4 Å². The molecule has 0 unspecified atom stereocenters. The van der Waals surface area contributed by atoms with Crippen LogP contribution in [0.2, 0.25) is 0 Å². The van der Waals surface area contributed by atoms with Crippen LogP contribution >= 0.6 is 0 Å². The molecule has 3 nitrogen and oxygen atoms in total. The van der Waals surface area contributed by atoms with Gasteiger partial charge >= 0.3 is 0 Å². The second-order valence-electron chi connectivity index (χ2n) is 6.01. The van der Waals surface area contributed by atoms with Crippen LogP contribution in [-0.2, 0) is 12.8 Å². The molecule has 21 heavy (non-hydrogen) atoms. The van der Waals surface area contributed by atoms with Crippen LogP contribution in [0.5, 0.6) is 0 Å². The summed E-state index contributed by atoms with van der Waals surface area (Å²) in [4.78, 5) is 0. The van der Waals surface area contributed by atoms with E-state index in [1.165, 1.54) is 54.0 Å². The van der Waals surface area contributed by atoms with Gasteiger partial charge in [0.1, 0.15) is 5.82 Å². The smallest absolute Gasteiger partial charge is 0.133 e. The topological polar surface area (TPSA) is 29.9 Å². The number of aromatic nitrogens is 2. The lowest BCUT2D eigenvalue weighted by Gasteiger charge is -2.09. The highest BCUT2D eigenvalue weighted by Gasteiger charge is 2.20. The Morgan fingerprint density at radius 2 is 2.19 bits per heavy atom. The summed E-state index contributed by atoms with van der Waals surface area (Å²) in [6.07, 6.45) is 7.21. The summed E-state index contributed by atoms with van der Waals surface area (Å²) in [5.74, 6) is 1.23. The maximum absolute atomic E-state index is 4.94. The number of nitrogens with one attached hydrogen (secondary N) is 1. The van der Waals surface area contributed by atoms with Gasteiger partial charge in [-0.3, -0.25) is 0 Å². The van der Waals surface area contributed by atoms with Gasteiger partial charge in [0.25, 0.3) is 0 Å². The fraction of sp³-hybridized carbons (Fsp3) is 0.500. The molecule has 3 rings (SSSR count). The van der Waals surface area contributed by atoms with Gasteiger partial charge in [0.05, 0.1) is 11.4 Å². The van der Waals surface area contributed by atoms with E-state index in [-0.39, 0.29) is 0 Å². The van der Waals surface area contributed by atoms with Crippen molar-refractivity contribution in [3.63, 3.8) is 0 Å². The van der Waals surface area contributed by atoms with Crippen LogP contribution in [0.25, 0.3) is 5.69 Å². The molecule has 2 heterocycles. The summed E-state index contributed by atoms with van der Waals surface area (Å²) >= 11 is 0. The third kappa shape index (κ3) is 2.97. The van der Waals surface area contributed by atoms with E-state index in [4.69, 9.17) is 5.10 Å². The van der Waals surface area contributed by atoms with Crippen LogP contribution in [0.3, 0.4) is 0 Å². The van der Waals surface area contributed by atoms with Gasteiger partial charge in [-0.2, -0.15) is 5.10 Å². The number of anilines is 1. The normalized spacial score (nSPS) is 14.4. The molecule has 1 aliphatic heterocycles. The molecule has 0 saturated heterocycles. The van der Waals surface area contributed by atoms with Gasteiger partial charge in [0.2, 0.25) is 0 Å². The van der Waals surface area contributed by atoms with Crippen LogP contribution in [0, 0.1) is 6.92 Å². The van der Waals surface area contributed by atoms with E-state index in [1.807, 2.05) is 0 Å². The van der Waals surface area contributed by atoms with Gasteiger partial charge in [0.15, 0.2) is 0 Å². The van der Waals surface area contributed by atoms with Crippen molar-refractivity contribution in [1.82, 2.24) is 9.78 Å². The van der Waals surface area contributed by atoms with Gasteiger partial charge in [-0.05, 0) is 56.7 Å². The van der Waals surface area contributed by atoms with E-state index in [1.54, 1.807) is 0 Å². The summed E-state index contributed by atoms with van der Waals surface area (Å²) in [6.45, 7) is 5.43. The molecule has 0 amide bonds. The quantitative estimate of drug-likeness (QED) is 0.908. The number of fused-ring (bicyclic) bond motifs is 1. The zero-order valence-electron chi connectivity index (χ0n) is 13.2. The molecular formula is C18H25N3. The van der Waals surface area contributed by atoms with E-state index in [0.29, 0.717) is 0 Å². The SMILES string of the molecule is CCCCc1nn(-c2cccc(C)c2)c2c1CCCCN2. The first-order valence-corrected chi connectivity index (χ1v) is 8.21. The fourth-order valence-corrected chi connectivity index (χ4v) is 3.07. The first kappa shape index (κ1) is 14.2. The fourth-order valence-electron chi connectivity index (χ4n) is 3.07. The van der Waals surface area contributed by atoms with Crippen molar-refractivity contribution in [2.45, 2.75) is 52.4 Å². The van der Waals surface area contributed by atoms with Gasteiger partial charge in [-0.15, -0.1) is 0 Å². The standard InChI is InChI=1S/C18H25N3/c1-3-4-11-17-16-10-5-6-12-19-18(16)21(20-17)15-9-7-8-14(2)13-15/h7-9,13,19H,3-6,10-12H2,1-2H3. The van der Waals surface area contributed by atoms with Crippen LogP contribution in [0.15, 0.2) is 24.3 Å². The Labute approximate surface area is 127 Å². The first-order chi connectivity index (χ1) is 10.3. The Bertz CT molecular complexity index is 613. The molecule has 0 radical (unpaired) electrons. The molecule has 0 atom stereocenters. The minimum absolute atomic E-state index is 1.05. The number of benzene rings is 1. The Kier molecular flexibility index (Phi) is 4.28. The summed E-state index contributed by atoms with van der Waals surface area (Å²) in [7, 11) is 0. The molecule has 0 saturated carbocycles. The predicted molar refractivity (Wildman–Crippen MR) is 88.3 cm³/mol. The lowest BCUT2D eigenvalue weighted by atomic mass is 10.1. The summed E-state index contributed by atoms with van der Waals surface area (Å²) in [5.41, 5.74) is 5.19. The molecule has 0 aliphatic carbocycles. The predicted octanol–water partition coefficient (Wildman–Crippen LogP) is 4.27. The number of nitrogens with zero attached hydrogens (tertiary/aromatic N) is 2. The molecule has 0 bridgehead atoms. The minimum atomic E-state index is 1.05. The second-order valence-corrected chi connectivity index (χ2v) is 6.01. The molecule has 0 spiro atoms. The average molecular weight is 283 g/mol. The van der Waals surface area contributed by atoms with Crippen molar-refractivity contribution in [2.24, 2.45) is 0 Å². The highest BCUT2D eigenvalue weighted by molar-refractivity contribution is 5.54. The highest BCUT2D eigenvalue weighted by atomic mass is 15.3. The number of hydrogen-bond acceptors (Lipinski definition) is 2. The zero-order chi connectivity index (χ0) is 14.7. The van der Waals surface area contributed by atoms with Gasteiger partial charge in [-0.1, -0.05) is 25.5 Å². The Morgan fingerprint density at radius 1 is 1.29 bits per heavy atom. The van der Waals surface area contributed by atoms with Crippen LogP contribution < -0.4 is 5.32 Å². The van der Waals surface area contributed by atoms with E-state index in [2.05, 4.69) is 48.1 Å².